The van der Waals surface area contributed by atoms with Crippen molar-refractivity contribution < 1.29 is 22.9 Å². The minimum atomic E-state index is -3.90. The second-order valence-corrected chi connectivity index (χ2v) is 6.51. The van der Waals surface area contributed by atoms with E-state index in [1.807, 2.05) is 0 Å². The second kappa shape index (κ2) is 7.09. The van der Waals surface area contributed by atoms with Crippen molar-refractivity contribution in [2.45, 2.75) is 11.3 Å². The molecule has 1 aromatic heterocycles. The standard InChI is InChI=1S/C15H14N2O6S/c1-23-15(18)11-13(17(19)20)10-12-6-5-9-16(12)24(21,22)14-7-3-2-4-8-14/h2-10H,11H2,1H3/b13-10+. The molecule has 0 aliphatic heterocycles. The van der Waals surface area contributed by atoms with Crippen LogP contribution in [-0.2, 0) is 19.6 Å². The van der Waals surface area contributed by atoms with Crippen LogP contribution in [0.5, 0.6) is 0 Å². The van der Waals surface area contributed by atoms with Gasteiger partial charge in [-0.25, -0.2) is 12.4 Å². The predicted molar refractivity (Wildman–Crippen MR) is 85.1 cm³/mol. The average Bonchev–Trinajstić information content (AvgIpc) is 3.03. The van der Waals surface area contributed by atoms with Gasteiger partial charge in [0.1, 0.15) is 6.42 Å². The molecule has 0 amide bonds. The maximum Gasteiger partial charge on any atom is 0.316 e. The largest absolute Gasteiger partial charge is 0.469 e. The molecular formula is C15H14N2O6S. The van der Waals surface area contributed by atoms with Gasteiger partial charge >= 0.3 is 5.97 Å². The first kappa shape index (κ1) is 17.4. The number of methoxy groups -OCH3 is 1. The summed E-state index contributed by atoms with van der Waals surface area (Å²) in [6.45, 7) is 0. The average molecular weight is 350 g/mol. The maximum absolute atomic E-state index is 12.6. The summed E-state index contributed by atoms with van der Waals surface area (Å²) in [7, 11) is -2.78. The SMILES string of the molecule is COC(=O)C/C(=C\c1cccn1S(=O)(=O)c1ccccc1)[N+](=O)[O-]. The number of aromatic nitrogens is 1. The highest BCUT2D eigenvalue weighted by molar-refractivity contribution is 7.90. The van der Waals surface area contributed by atoms with Crippen LogP contribution in [0.2, 0.25) is 0 Å². The fourth-order valence-corrected chi connectivity index (χ4v) is 3.32. The maximum atomic E-state index is 12.6. The van der Waals surface area contributed by atoms with Gasteiger partial charge in [-0.3, -0.25) is 14.9 Å². The zero-order valence-corrected chi connectivity index (χ0v) is 13.5. The lowest BCUT2D eigenvalue weighted by molar-refractivity contribution is -0.425. The molecule has 0 spiro atoms. The van der Waals surface area contributed by atoms with Crippen molar-refractivity contribution in [3.63, 3.8) is 0 Å². The van der Waals surface area contributed by atoms with E-state index in [0.717, 1.165) is 17.2 Å². The van der Waals surface area contributed by atoms with Crippen molar-refractivity contribution in [1.82, 2.24) is 3.97 Å². The number of rotatable bonds is 6. The highest BCUT2D eigenvalue weighted by Crippen LogP contribution is 2.19. The van der Waals surface area contributed by atoms with Gasteiger partial charge in [0.15, 0.2) is 0 Å². The van der Waals surface area contributed by atoms with Crippen LogP contribution >= 0.6 is 0 Å². The first-order chi connectivity index (χ1) is 11.4. The van der Waals surface area contributed by atoms with Crippen molar-refractivity contribution in [1.29, 1.82) is 0 Å². The number of hydrogen-bond acceptors (Lipinski definition) is 6. The molecule has 0 N–H and O–H groups in total. The van der Waals surface area contributed by atoms with Crippen molar-refractivity contribution in [2.75, 3.05) is 7.11 Å². The van der Waals surface area contributed by atoms with Crippen molar-refractivity contribution in [3.05, 3.63) is 70.2 Å². The lowest BCUT2D eigenvalue weighted by Crippen LogP contribution is -2.14. The first-order valence-corrected chi connectivity index (χ1v) is 8.20. The molecule has 1 heterocycles. The minimum Gasteiger partial charge on any atom is -0.469 e. The lowest BCUT2D eigenvalue weighted by atomic mass is 10.2. The number of hydrogen-bond donors (Lipinski definition) is 0. The normalized spacial score (nSPS) is 12.0. The molecule has 0 aliphatic rings. The van der Waals surface area contributed by atoms with Crippen LogP contribution in [0.25, 0.3) is 6.08 Å². The van der Waals surface area contributed by atoms with Gasteiger partial charge in [-0.2, -0.15) is 0 Å². The number of benzene rings is 1. The molecule has 0 unspecified atom stereocenters. The Hall–Kier alpha value is -2.94. The van der Waals surface area contributed by atoms with Crippen LogP contribution in [0.1, 0.15) is 12.1 Å². The Balaban J connectivity index is 2.48. The van der Waals surface area contributed by atoms with Gasteiger partial charge in [-0.15, -0.1) is 0 Å². The van der Waals surface area contributed by atoms with E-state index in [4.69, 9.17) is 0 Å². The van der Waals surface area contributed by atoms with E-state index in [-0.39, 0.29) is 10.6 Å². The Morgan fingerprint density at radius 3 is 2.50 bits per heavy atom. The molecule has 8 nitrogen and oxygen atoms in total. The summed E-state index contributed by atoms with van der Waals surface area (Å²) >= 11 is 0. The van der Waals surface area contributed by atoms with Gasteiger partial charge in [-0.05, 0) is 24.3 Å². The second-order valence-electron chi connectivity index (χ2n) is 4.69. The van der Waals surface area contributed by atoms with E-state index < -0.39 is 33.0 Å². The fourth-order valence-electron chi connectivity index (χ4n) is 1.98. The van der Waals surface area contributed by atoms with Crippen LogP contribution in [-0.4, -0.2) is 30.4 Å². The van der Waals surface area contributed by atoms with Crippen LogP contribution in [0, 0.1) is 10.1 Å². The molecule has 24 heavy (non-hydrogen) atoms. The Morgan fingerprint density at radius 2 is 1.92 bits per heavy atom. The molecule has 0 radical (unpaired) electrons. The molecule has 0 aliphatic carbocycles. The third kappa shape index (κ3) is 3.69. The lowest BCUT2D eigenvalue weighted by Gasteiger charge is -2.08. The van der Waals surface area contributed by atoms with E-state index in [1.54, 1.807) is 18.2 Å². The Bertz CT molecular complexity index is 884. The molecule has 0 bridgehead atoms. The summed E-state index contributed by atoms with van der Waals surface area (Å²) in [5.74, 6) is -0.790. The van der Waals surface area contributed by atoms with Gasteiger partial charge in [0, 0.05) is 12.3 Å². The Kier molecular flexibility index (Phi) is 5.14. The molecule has 0 saturated carbocycles. The third-order valence-corrected chi connectivity index (χ3v) is 4.86. The van der Waals surface area contributed by atoms with E-state index in [0.29, 0.717) is 0 Å². The van der Waals surface area contributed by atoms with E-state index in [9.17, 15) is 23.3 Å². The highest BCUT2D eigenvalue weighted by Gasteiger charge is 2.22. The van der Waals surface area contributed by atoms with E-state index in [2.05, 4.69) is 4.74 Å². The van der Waals surface area contributed by atoms with Crippen molar-refractivity contribution in [3.8, 4) is 0 Å². The summed E-state index contributed by atoms with van der Waals surface area (Å²) in [5, 5.41) is 11.1. The van der Waals surface area contributed by atoms with Gasteiger partial charge in [-0.1, -0.05) is 18.2 Å². The summed E-state index contributed by atoms with van der Waals surface area (Å²) in [6, 6.07) is 10.5. The van der Waals surface area contributed by atoms with E-state index in [1.165, 1.54) is 30.5 Å². The molecular weight excluding hydrogens is 336 g/mol. The summed E-state index contributed by atoms with van der Waals surface area (Å²) < 4.78 is 30.6. The van der Waals surface area contributed by atoms with Gasteiger partial charge in [0.05, 0.1) is 22.6 Å². The van der Waals surface area contributed by atoms with Crippen molar-refractivity contribution in [2.24, 2.45) is 0 Å². The van der Waals surface area contributed by atoms with Crippen LogP contribution in [0.4, 0.5) is 0 Å². The van der Waals surface area contributed by atoms with Gasteiger partial charge in [0.2, 0.25) is 0 Å². The van der Waals surface area contributed by atoms with Crippen LogP contribution < -0.4 is 0 Å². The number of esters is 1. The number of carbonyl (C=O) groups excluding carboxylic acids is 1. The molecule has 0 saturated heterocycles. The van der Waals surface area contributed by atoms with Crippen molar-refractivity contribution >= 4 is 22.1 Å². The smallest absolute Gasteiger partial charge is 0.316 e. The number of ether oxygens (including phenoxy) is 1. The Labute approximate surface area is 138 Å². The molecule has 0 atom stereocenters. The topological polar surface area (TPSA) is 109 Å². The number of nitrogens with zero attached hydrogens (tertiary/aromatic N) is 2. The zero-order valence-electron chi connectivity index (χ0n) is 12.7. The summed E-state index contributed by atoms with van der Waals surface area (Å²) in [5.41, 5.74) is -0.403. The molecule has 2 aromatic rings. The van der Waals surface area contributed by atoms with Gasteiger partial charge < -0.3 is 4.74 Å². The number of carbonyl (C=O) groups is 1. The molecule has 1 aromatic carbocycles. The minimum absolute atomic E-state index is 0.0477. The quantitative estimate of drug-likeness (QED) is 0.447. The van der Waals surface area contributed by atoms with Gasteiger partial charge in [0.25, 0.3) is 15.7 Å². The highest BCUT2D eigenvalue weighted by atomic mass is 32.2. The zero-order chi connectivity index (χ0) is 17.7. The molecule has 0 fully saturated rings. The first-order valence-electron chi connectivity index (χ1n) is 6.76. The Morgan fingerprint density at radius 1 is 1.25 bits per heavy atom. The molecule has 9 heteroatoms. The summed E-state index contributed by atoms with van der Waals surface area (Å²) in [6.07, 6.45) is 1.75. The third-order valence-electron chi connectivity index (χ3n) is 3.15. The summed E-state index contributed by atoms with van der Waals surface area (Å²) in [4.78, 5) is 21.6. The van der Waals surface area contributed by atoms with E-state index >= 15 is 0 Å². The number of nitro groups is 1. The molecule has 2 rings (SSSR count). The predicted octanol–water partition coefficient (Wildman–Crippen LogP) is 1.91. The van der Waals surface area contributed by atoms with Crippen LogP contribution in [0.15, 0.2) is 59.3 Å². The van der Waals surface area contributed by atoms with Crippen LogP contribution in [0.3, 0.4) is 0 Å². The molecule has 126 valence electrons. The monoisotopic (exact) mass is 350 g/mol. The fraction of sp³-hybridized carbons (Fsp3) is 0.133.